The molecule has 0 spiro atoms. The average Bonchev–Trinajstić information content (AvgIpc) is 3.40. The highest BCUT2D eigenvalue weighted by molar-refractivity contribution is 6.27. The molecule has 7 nitrogen and oxygen atoms in total. The summed E-state index contributed by atoms with van der Waals surface area (Å²) in [5.41, 5.74) is 1.79. The normalized spacial score (nSPS) is 24.3. The molecule has 2 heterocycles. The van der Waals surface area contributed by atoms with Crippen LogP contribution >= 0.6 is 11.6 Å². The third-order valence-corrected chi connectivity index (χ3v) is 4.79. The quantitative estimate of drug-likeness (QED) is 0.386. The Bertz CT molecular complexity index is 863. The van der Waals surface area contributed by atoms with Crippen molar-refractivity contribution < 1.29 is 9.50 Å². The topological polar surface area (TPSA) is 97.4 Å². The van der Waals surface area contributed by atoms with Gasteiger partial charge in [0.25, 0.3) is 0 Å². The summed E-state index contributed by atoms with van der Waals surface area (Å²) in [4.78, 5) is 4.45. The highest BCUT2D eigenvalue weighted by Gasteiger charge is 2.31. The van der Waals surface area contributed by atoms with Crippen LogP contribution in [0.4, 0.5) is 10.2 Å². The Morgan fingerprint density at radius 1 is 1.37 bits per heavy atom. The van der Waals surface area contributed by atoms with E-state index in [1.54, 1.807) is 24.4 Å². The third kappa shape index (κ3) is 4.23. The van der Waals surface area contributed by atoms with Crippen molar-refractivity contribution >= 4 is 23.4 Å². The summed E-state index contributed by atoms with van der Waals surface area (Å²) in [5, 5.41) is 24.9. The summed E-state index contributed by atoms with van der Waals surface area (Å²) in [5.74, 6) is 1.23. The van der Waals surface area contributed by atoms with Crippen LogP contribution in [-0.4, -0.2) is 33.0 Å². The third-order valence-electron chi connectivity index (χ3n) is 4.47. The van der Waals surface area contributed by atoms with Crippen LogP contribution in [0.2, 0.25) is 0 Å². The Balaban J connectivity index is 1.48. The minimum atomic E-state index is -1.12. The van der Waals surface area contributed by atoms with E-state index in [2.05, 4.69) is 31.1 Å². The molecule has 142 valence electrons. The number of halogens is 2. The van der Waals surface area contributed by atoms with Crippen molar-refractivity contribution in [3.05, 3.63) is 59.7 Å². The number of H-pyrrole nitrogens is 1. The van der Waals surface area contributed by atoms with Gasteiger partial charge in [-0.3, -0.25) is 5.10 Å². The molecule has 27 heavy (non-hydrogen) atoms. The molecule has 0 unspecified atom stereocenters. The van der Waals surface area contributed by atoms with Crippen molar-refractivity contribution in [3.8, 4) is 0 Å². The molecular weight excluding hydrogens is 371 g/mol. The molecule has 9 heteroatoms. The van der Waals surface area contributed by atoms with Gasteiger partial charge in [-0.15, -0.1) is 0 Å². The van der Waals surface area contributed by atoms with Gasteiger partial charge in [-0.1, -0.05) is 23.7 Å². The first-order valence-electron chi connectivity index (χ1n) is 8.73. The molecule has 4 rings (SSSR count). The van der Waals surface area contributed by atoms with Gasteiger partial charge in [0, 0.05) is 23.9 Å². The van der Waals surface area contributed by atoms with Crippen LogP contribution in [0.15, 0.2) is 47.6 Å². The standard InChI is InChI=1S/C18H20ClFN6O/c19-18(23-16-9-14(25-26-16)11-1-2-11)7-8-21-17(24-18)22-15(10-27)12-3-5-13(20)6-4-12/h3-9,11,15,27H,1-2,10H2,(H2,21,22,24)(H2,23,25,26)/t15-,18-/m0/s1. The summed E-state index contributed by atoms with van der Waals surface area (Å²) in [6, 6.07) is 7.25. The van der Waals surface area contributed by atoms with Gasteiger partial charge in [0.15, 0.2) is 11.8 Å². The fourth-order valence-electron chi connectivity index (χ4n) is 2.88. The van der Waals surface area contributed by atoms with Gasteiger partial charge >= 0.3 is 0 Å². The van der Waals surface area contributed by atoms with E-state index in [0.717, 1.165) is 5.69 Å². The Hall–Kier alpha value is -2.58. The van der Waals surface area contributed by atoms with Crippen LogP contribution in [0.1, 0.15) is 36.1 Å². The van der Waals surface area contributed by atoms with Gasteiger partial charge in [0.05, 0.1) is 6.61 Å². The number of nitrogens with zero attached hydrogens (tertiary/aromatic N) is 2. The SMILES string of the molecule is OC[C@H](N=C1NC=C[C@](Cl)(Nc2cc(C3CC3)[nH]n2)N1)c1ccc(F)cc1. The number of guanidine groups is 1. The molecule has 1 aliphatic heterocycles. The molecule has 5 N–H and O–H groups in total. The smallest absolute Gasteiger partial charge is 0.211 e. The number of anilines is 1. The number of aromatic amines is 1. The first kappa shape index (κ1) is 17.8. The Morgan fingerprint density at radius 2 is 2.15 bits per heavy atom. The lowest BCUT2D eigenvalue weighted by atomic mass is 10.1. The Labute approximate surface area is 160 Å². The Morgan fingerprint density at radius 3 is 2.85 bits per heavy atom. The number of benzene rings is 1. The van der Waals surface area contributed by atoms with Crippen molar-refractivity contribution in [2.45, 2.75) is 29.9 Å². The van der Waals surface area contributed by atoms with Crippen LogP contribution in [0.5, 0.6) is 0 Å². The van der Waals surface area contributed by atoms with Gasteiger partial charge in [-0.25, -0.2) is 9.38 Å². The first-order valence-corrected chi connectivity index (χ1v) is 9.11. The van der Waals surface area contributed by atoms with E-state index in [-0.39, 0.29) is 12.4 Å². The Kier molecular flexibility index (Phi) is 4.75. The second-order valence-corrected chi connectivity index (χ2v) is 7.25. The molecule has 2 aliphatic rings. The lowest BCUT2D eigenvalue weighted by Crippen LogP contribution is -2.55. The lowest BCUT2D eigenvalue weighted by molar-refractivity contribution is 0.268. The minimum Gasteiger partial charge on any atom is -0.394 e. The number of aromatic nitrogens is 2. The van der Waals surface area contributed by atoms with Crippen molar-refractivity contribution in [2.75, 3.05) is 11.9 Å². The first-order chi connectivity index (χ1) is 13.0. The number of aliphatic imine (C=N–C) groups is 1. The zero-order valence-electron chi connectivity index (χ0n) is 14.4. The van der Waals surface area contributed by atoms with Crippen LogP contribution in [0, 0.1) is 5.82 Å². The van der Waals surface area contributed by atoms with Crippen LogP contribution < -0.4 is 16.0 Å². The monoisotopic (exact) mass is 390 g/mol. The highest BCUT2D eigenvalue weighted by Crippen LogP contribution is 2.39. The second-order valence-electron chi connectivity index (χ2n) is 6.65. The molecule has 1 fully saturated rings. The zero-order chi connectivity index (χ0) is 18.9. The number of alkyl halides is 1. The van der Waals surface area contributed by atoms with E-state index in [4.69, 9.17) is 11.6 Å². The van der Waals surface area contributed by atoms with Crippen LogP contribution in [0.25, 0.3) is 0 Å². The molecule has 1 aromatic carbocycles. The molecule has 1 saturated carbocycles. The van der Waals surface area contributed by atoms with Crippen LogP contribution in [0.3, 0.4) is 0 Å². The fraction of sp³-hybridized carbons (Fsp3) is 0.333. The van der Waals surface area contributed by atoms with Crippen LogP contribution in [-0.2, 0) is 0 Å². The maximum absolute atomic E-state index is 13.1. The number of aliphatic hydroxyl groups excluding tert-OH is 1. The number of hydrogen-bond donors (Lipinski definition) is 5. The summed E-state index contributed by atoms with van der Waals surface area (Å²) >= 11 is 6.61. The van der Waals surface area contributed by atoms with Crippen molar-refractivity contribution in [3.63, 3.8) is 0 Å². The molecule has 1 aliphatic carbocycles. The van der Waals surface area contributed by atoms with Gasteiger partial charge in [-0.2, -0.15) is 5.10 Å². The van der Waals surface area contributed by atoms with Crippen molar-refractivity contribution in [2.24, 2.45) is 4.99 Å². The lowest BCUT2D eigenvalue weighted by Gasteiger charge is -2.31. The molecule has 0 saturated heterocycles. The molecular formula is C18H20ClFN6O. The second kappa shape index (κ2) is 7.21. The summed E-state index contributed by atoms with van der Waals surface area (Å²) in [7, 11) is 0. The maximum atomic E-state index is 13.1. The van der Waals surface area contributed by atoms with Gasteiger partial charge in [-0.05, 0) is 36.6 Å². The number of nitrogens with one attached hydrogen (secondary N) is 4. The van der Waals surface area contributed by atoms with Crippen molar-refractivity contribution in [1.29, 1.82) is 0 Å². The predicted molar refractivity (Wildman–Crippen MR) is 102 cm³/mol. The van der Waals surface area contributed by atoms with E-state index in [0.29, 0.717) is 23.3 Å². The number of rotatable bonds is 6. The van der Waals surface area contributed by atoms with Gasteiger partial charge < -0.3 is 21.1 Å². The van der Waals surface area contributed by atoms with E-state index >= 15 is 0 Å². The largest absolute Gasteiger partial charge is 0.394 e. The predicted octanol–water partition coefficient (Wildman–Crippen LogP) is 2.53. The van der Waals surface area contributed by atoms with Crippen molar-refractivity contribution in [1.82, 2.24) is 20.8 Å². The summed E-state index contributed by atoms with van der Waals surface area (Å²) in [6.45, 7) is -0.227. The minimum absolute atomic E-state index is 0.227. The molecule has 0 amide bonds. The molecule has 0 radical (unpaired) electrons. The highest BCUT2D eigenvalue weighted by atomic mass is 35.5. The van der Waals surface area contributed by atoms with E-state index < -0.39 is 11.2 Å². The van der Waals surface area contributed by atoms with E-state index in [1.807, 2.05) is 6.07 Å². The number of aliphatic hydroxyl groups is 1. The summed E-state index contributed by atoms with van der Waals surface area (Å²) in [6.07, 6.45) is 5.71. The van der Waals surface area contributed by atoms with Gasteiger partial charge in [0.2, 0.25) is 5.12 Å². The molecule has 1 aromatic heterocycles. The fourth-order valence-corrected chi connectivity index (χ4v) is 3.13. The number of hydrogen-bond acceptors (Lipinski definition) is 4. The zero-order valence-corrected chi connectivity index (χ0v) is 15.2. The van der Waals surface area contributed by atoms with E-state index in [1.165, 1.54) is 25.0 Å². The maximum Gasteiger partial charge on any atom is 0.211 e. The van der Waals surface area contributed by atoms with E-state index in [9.17, 15) is 9.50 Å². The average molecular weight is 391 g/mol. The molecule has 2 aromatic rings. The summed E-state index contributed by atoms with van der Waals surface area (Å²) < 4.78 is 13.1. The van der Waals surface area contributed by atoms with Gasteiger partial charge in [0.1, 0.15) is 11.9 Å². The molecule has 2 atom stereocenters. The molecule has 0 bridgehead atoms.